The second kappa shape index (κ2) is 4.52. The Morgan fingerprint density at radius 2 is 1.81 bits per heavy atom. The molecule has 0 aliphatic heterocycles. The van der Waals surface area contributed by atoms with E-state index in [-0.39, 0.29) is 6.42 Å². The minimum Gasteiger partial charge on any atom is -0.399 e. The first-order chi connectivity index (χ1) is 7.30. The summed E-state index contributed by atoms with van der Waals surface area (Å²) < 4.78 is 23.0. The molecule has 1 unspecified atom stereocenters. The second-order valence-corrected chi connectivity index (χ2v) is 5.88. The van der Waals surface area contributed by atoms with Gasteiger partial charge in [0.25, 0.3) is 0 Å². The van der Waals surface area contributed by atoms with Gasteiger partial charge in [0.15, 0.2) is 9.84 Å². The van der Waals surface area contributed by atoms with Crippen LogP contribution < -0.4 is 11.5 Å². The highest BCUT2D eigenvalue weighted by atomic mass is 32.2. The number of carbonyl (C=O) groups is 1. The van der Waals surface area contributed by atoms with Crippen LogP contribution in [0.3, 0.4) is 0 Å². The standard InChI is InChI=1S/C10H14N2O3S/c1-16(14,15)9(6-10(12)13)7-2-4-8(11)5-3-7/h2-5,9H,6,11H2,1H3,(H2,12,13). The maximum atomic E-state index is 11.5. The maximum absolute atomic E-state index is 11.5. The summed E-state index contributed by atoms with van der Waals surface area (Å²) in [5, 5.41) is -0.898. The monoisotopic (exact) mass is 242 g/mol. The molecule has 0 aliphatic rings. The summed E-state index contributed by atoms with van der Waals surface area (Å²) in [6.07, 6.45) is 0.861. The highest BCUT2D eigenvalue weighted by Gasteiger charge is 2.24. The molecule has 5 nitrogen and oxygen atoms in total. The van der Waals surface area contributed by atoms with Gasteiger partial charge in [-0.05, 0) is 17.7 Å². The number of rotatable bonds is 4. The maximum Gasteiger partial charge on any atom is 0.219 e. The molecule has 1 aromatic rings. The lowest BCUT2D eigenvalue weighted by Gasteiger charge is -2.13. The Morgan fingerprint density at radius 1 is 1.31 bits per heavy atom. The number of hydrogen-bond donors (Lipinski definition) is 2. The van der Waals surface area contributed by atoms with Crippen molar-refractivity contribution in [3.63, 3.8) is 0 Å². The van der Waals surface area contributed by atoms with Crippen molar-refractivity contribution in [2.75, 3.05) is 12.0 Å². The lowest BCUT2D eigenvalue weighted by molar-refractivity contribution is -0.118. The molecule has 6 heteroatoms. The molecular weight excluding hydrogens is 228 g/mol. The fourth-order valence-corrected chi connectivity index (χ4v) is 2.53. The van der Waals surface area contributed by atoms with Gasteiger partial charge in [0, 0.05) is 18.4 Å². The Morgan fingerprint density at radius 3 is 2.19 bits per heavy atom. The van der Waals surface area contributed by atoms with Crippen molar-refractivity contribution in [2.45, 2.75) is 11.7 Å². The average molecular weight is 242 g/mol. The van der Waals surface area contributed by atoms with Crippen LogP contribution in [0.25, 0.3) is 0 Å². The molecule has 0 saturated heterocycles. The van der Waals surface area contributed by atoms with Crippen molar-refractivity contribution >= 4 is 21.4 Å². The molecule has 0 radical (unpaired) electrons. The molecular formula is C10H14N2O3S. The SMILES string of the molecule is CS(=O)(=O)C(CC(N)=O)c1ccc(N)cc1. The van der Waals surface area contributed by atoms with Crippen molar-refractivity contribution in [3.05, 3.63) is 29.8 Å². The normalized spacial score (nSPS) is 13.3. The Kier molecular flexibility index (Phi) is 3.54. The Balaban J connectivity index is 3.11. The highest BCUT2D eigenvalue weighted by molar-refractivity contribution is 7.90. The largest absolute Gasteiger partial charge is 0.399 e. The summed E-state index contributed by atoms with van der Waals surface area (Å²) in [6.45, 7) is 0. The Hall–Kier alpha value is -1.56. The van der Waals surface area contributed by atoms with Gasteiger partial charge >= 0.3 is 0 Å². The zero-order valence-corrected chi connectivity index (χ0v) is 9.70. The van der Waals surface area contributed by atoms with E-state index < -0.39 is 21.0 Å². The van der Waals surface area contributed by atoms with Crippen molar-refractivity contribution in [2.24, 2.45) is 5.73 Å². The van der Waals surface area contributed by atoms with Gasteiger partial charge in [-0.3, -0.25) is 4.79 Å². The van der Waals surface area contributed by atoms with Crippen LogP contribution in [0.2, 0.25) is 0 Å². The third-order valence-corrected chi connectivity index (χ3v) is 3.68. The van der Waals surface area contributed by atoms with Gasteiger partial charge in [0.05, 0.1) is 5.25 Å². The van der Waals surface area contributed by atoms with E-state index >= 15 is 0 Å². The van der Waals surface area contributed by atoms with Gasteiger partial charge in [-0.15, -0.1) is 0 Å². The molecule has 0 saturated carbocycles. The fourth-order valence-electron chi connectivity index (χ4n) is 1.41. The van der Waals surface area contributed by atoms with Crippen LogP contribution in [-0.2, 0) is 14.6 Å². The predicted molar refractivity (Wildman–Crippen MR) is 62.3 cm³/mol. The zero-order valence-electron chi connectivity index (χ0n) is 8.88. The first-order valence-corrected chi connectivity index (χ1v) is 6.59. The number of nitrogen functional groups attached to an aromatic ring is 1. The summed E-state index contributed by atoms with van der Waals surface area (Å²) in [5.41, 5.74) is 11.6. The molecule has 0 bridgehead atoms. The van der Waals surface area contributed by atoms with Crippen LogP contribution in [0.15, 0.2) is 24.3 Å². The number of hydrogen-bond acceptors (Lipinski definition) is 4. The van der Waals surface area contributed by atoms with E-state index in [0.717, 1.165) is 6.26 Å². The molecule has 1 rings (SSSR count). The van der Waals surface area contributed by atoms with E-state index in [1.54, 1.807) is 24.3 Å². The molecule has 1 amide bonds. The lowest BCUT2D eigenvalue weighted by atomic mass is 10.1. The van der Waals surface area contributed by atoms with Crippen LogP contribution in [0, 0.1) is 0 Å². The third kappa shape index (κ3) is 3.23. The number of sulfone groups is 1. The average Bonchev–Trinajstić information content (AvgIpc) is 2.14. The highest BCUT2D eigenvalue weighted by Crippen LogP contribution is 2.25. The summed E-state index contributed by atoms with van der Waals surface area (Å²) >= 11 is 0. The van der Waals surface area contributed by atoms with E-state index in [1.807, 2.05) is 0 Å². The number of carbonyl (C=O) groups excluding carboxylic acids is 1. The Bertz CT molecular complexity index is 479. The second-order valence-electron chi connectivity index (χ2n) is 3.66. The third-order valence-electron chi connectivity index (χ3n) is 2.21. The molecule has 0 aromatic heterocycles. The first-order valence-electron chi connectivity index (χ1n) is 4.63. The summed E-state index contributed by atoms with van der Waals surface area (Å²) in [5.74, 6) is -0.646. The molecule has 4 N–H and O–H groups in total. The van der Waals surface area contributed by atoms with Crippen LogP contribution >= 0.6 is 0 Å². The molecule has 0 spiro atoms. The van der Waals surface area contributed by atoms with Gasteiger partial charge in [-0.1, -0.05) is 12.1 Å². The van der Waals surface area contributed by atoms with Crippen molar-refractivity contribution in [1.29, 1.82) is 0 Å². The van der Waals surface area contributed by atoms with E-state index in [4.69, 9.17) is 11.5 Å². The quantitative estimate of drug-likeness (QED) is 0.737. The number of primary amides is 1. The number of amides is 1. The van der Waals surface area contributed by atoms with Crippen molar-refractivity contribution < 1.29 is 13.2 Å². The smallest absolute Gasteiger partial charge is 0.219 e. The molecule has 16 heavy (non-hydrogen) atoms. The number of nitrogens with two attached hydrogens (primary N) is 2. The van der Waals surface area contributed by atoms with Crippen molar-refractivity contribution in [3.8, 4) is 0 Å². The molecule has 0 heterocycles. The van der Waals surface area contributed by atoms with E-state index in [0.29, 0.717) is 11.3 Å². The van der Waals surface area contributed by atoms with Crippen LogP contribution in [0.4, 0.5) is 5.69 Å². The predicted octanol–water partition coefficient (Wildman–Crippen LogP) is 0.230. The van der Waals surface area contributed by atoms with Crippen molar-refractivity contribution in [1.82, 2.24) is 0 Å². The van der Waals surface area contributed by atoms with Gasteiger partial charge in [0.2, 0.25) is 5.91 Å². The van der Waals surface area contributed by atoms with Gasteiger partial charge < -0.3 is 11.5 Å². The minimum atomic E-state index is -3.37. The van der Waals surface area contributed by atoms with Gasteiger partial charge in [0.1, 0.15) is 0 Å². The van der Waals surface area contributed by atoms with Gasteiger partial charge in [-0.2, -0.15) is 0 Å². The molecule has 1 atom stereocenters. The van der Waals surface area contributed by atoms with E-state index in [2.05, 4.69) is 0 Å². The summed E-state index contributed by atoms with van der Waals surface area (Å²) in [4.78, 5) is 10.8. The summed E-state index contributed by atoms with van der Waals surface area (Å²) in [6, 6.07) is 6.36. The van der Waals surface area contributed by atoms with Crippen LogP contribution in [0.5, 0.6) is 0 Å². The lowest BCUT2D eigenvalue weighted by Crippen LogP contribution is -2.20. The topological polar surface area (TPSA) is 103 Å². The first kappa shape index (κ1) is 12.5. The van der Waals surface area contributed by atoms with E-state index in [9.17, 15) is 13.2 Å². The fraction of sp³-hybridized carbons (Fsp3) is 0.300. The molecule has 0 fully saturated rings. The molecule has 1 aromatic carbocycles. The van der Waals surface area contributed by atoms with Crippen LogP contribution in [0.1, 0.15) is 17.2 Å². The molecule has 0 aliphatic carbocycles. The van der Waals surface area contributed by atoms with Gasteiger partial charge in [-0.25, -0.2) is 8.42 Å². The number of anilines is 1. The molecule has 88 valence electrons. The number of benzene rings is 1. The zero-order chi connectivity index (χ0) is 12.3. The Labute approximate surface area is 94.4 Å². The van der Waals surface area contributed by atoms with E-state index in [1.165, 1.54) is 0 Å². The minimum absolute atomic E-state index is 0.219. The van der Waals surface area contributed by atoms with Crippen LogP contribution in [-0.4, -0.2) is 20.6 Å². The summed E-state index contributed by atoms with van der Waals surface area (Å²) in [7, 11) is -3.37.